The quantitative estimate of drug-likeness (QED) is 0.601. The Hall–Kier alpha value is -2.86. The summed E-state index contributed by atoms with van der Waals surface area (Å²) in [6.07, 6.45) is 7.85. The maximum absolute atomic E-state index is 11.8. The van der Waals surface area contributed by atoms with Gasteiger partial charge in [0.2, 0.25) is 12.1 Å². The molecule has 0 spiro atoms. The summed E-state index contributed by atoms with van der Waals surface area (Å²) in [6.45, 7) is 6.59. The van der Waals surface area contributed by atoms with Crippen molar-refractivity contribution in [2.45, 2.75) is 20.4 Å². The Morgan fingerprint density at radius 3 is 2.61 bits per heavy atom. The third-order valence-corrected chi connectivity index (χ3v) is 5.10. The Kier molecular flexibility index (Phi) is 5.99. The number of Topliss-reactive ketones (excluding diaryl/α,β-unsaturated/α-hetero) is 1. The minimum Gasteiger partial charge on any atom is -0.396 e. The number of likely N-dealkylation sites (N-methyl/N-ethyl adjacent to an activating group) is 1. The number of ketones is 1. The van der Waals surface area contributed by atoms with Gasteiger partial charge in [0, 0.05) is 17.8 Å². The summed E-state index contributed by atoms with van der Waals surface area (Å²) in [4.78, 5) is 18.7. The molecule has 0 aliphatic heterocycles. The van der Waals surface area contributed by atoms with Crippen molar-refractivity contribution in [1.82, 2.24) is 4.57 Å². The fourth-order valence-corrected chi connectivity index (χ4v) is 3.31. The lowest BCUT2D eigenvalue weighted by molar-refractivity contribution is -0.671. The van der Waals surface area contributed by atoms with Crippen molar-refractivity contribution in [2.24, 2.45) is 17.8 Å². The number of carbonyl (C=O) groups excluding carboxylic acids is 1. The molecular formula is C21H25ClN5O+. The Balaban J connectivity index is 1.74. The van der Waals surface area contributed by atoms with Gasteiger partial charge in [-0.25, -0.2) is 14.1 Å². The topological polar surface area (TPSA) is 67.5 Å². The number of anilines is 1. The molecular weight excluding hydrogens is 374 g/mol. The molecule has 0 saturated carbocycles. The van der Waals surface area contributed by atoms with Gasteiger partial charge in [0.1, 0.15) is 24.0 Å². The summed E-state index contributed by atoms with van der Waals surface area (Å²) in [5.74, 6) is -0.247. The zero-order valence-electron chi connectivity index (χ0n) is 16.4. The highest BCUT2D eigenvalue weighted by molar-refractivity contribution is 6.49. The standard InChI is InChI=1S/C21H24ClN5O/c1-4-27(12-11-26-10-9-25(3)14-26)17-7-5-16(6-8-17)24-18-13-15(2)21(28)19(22)20(18)23/h5-10,13-14H,4,11-12H2,1-3H3,(H-,23,28)/p+1/b24-18-. The van der Waals surface area contributed by atoms with E-state index in [0.29, 0.717) is 11.3 Å². The van der Waals surface area contributed by atoms with E-state index >= 15 is 0 Å². The number of nitrogens with zero attached hydrogens (tertiary/aromatic N) is 4. The van der Waals surface area contributed by atoms with Gasteiger partial charge in [-0.3, -0.25) is 4.79 Å². The van der Waals surface area contributed by atoms with Gasteiger partial charge in [0.25, 0.3) is 0 Å². The van der Waals surface area contributed by atoms with E-state index in [1.54, 1.807) is 13.0 Å². The molecule has 7 heteroatoms. The summed E-state index contributed by atoms with van der Waals surface area (Å²) in [5, 5.41) is 0.0333. The van der Waals surface area contributed by atoms with Gasteiger partial charge in [-0.05, 0) is 44.2 Å². The fourth-order valence-electron chi connectivity index (χ4n) is 3.07. The van der Waals surface area contributed by atoms with Crippen molar-refractivity contribution in [3.63, 3.8) is 0 Å². The highest BCUT2D eigenvalue weighted by Gasteiger charge is 2.21. The van der Waals surface area contributed by atoms with Crippen molar-refractivity contribution < 1.29 is 9.36 Å². The van der Waals surface area contributed by atoms with Crippen LogP contribution in [0.2, 0.25) is 0 Å². The molecule has 1 aromatic heterocycles. The van der Waals surface area contributed by atoms with Crippen LogP contribution in [-0.4, -0.2) is 29.2 Å². The zero-order valence-corrected chi connectivity index (χ0v) is 17.1. The number of benzene rings is 1. The van der Waals surface area contributed by atoms with Gasteiger partial charge in [0.15, 0.2) is 0 Å². The number of rotatable bonds is 6. The molecule has 28 heavy (non-hydrogen) atoms. The van der Waals surface area contributed by atoms with Crippen LogP contribution in [0.25, 0.3) is 0 Å². The fraction of sp³-hybridized carbons (Fsp3) is 0.286. The molecule has 146 valence electrons. The van der Waals surface area contributed by atoms with E-state index in [1.807, 2.05) is 42.1 Å². The first-order valence-electron chi connectivity index (χ1n) is 9.22. The average molecular weight is 399 g/mol. The lowest BCUT2D eigenvalue weighted by atomic mass is 10.0. The monoisotopic (exact) mass is 398 g/mol. The van der Waals surface area contributed by atoms with E-state index in [-0.39, 0.29) is 16.5 Å². The summed E-state index contributed by atoms with van der Waals surface area (Å²) < 4.78 is 4.20. The van der Waals surface area contributed by atoms with Crippen LogP contribution in [0.5, 0.6) is 0 Å². The third-order valence-electron chi connectivity index (χ3n) is 4.72. The molecule has 0 fully saturated rings. The van der Waals surface area contributed by atoms with E-state index in [1.165, 1.54) is 0 Å². The third kappa shape index (κ3) is 4.34. The van der Waals surface area contributed by atoms with E-state index in [4.69, 9.17) is 17.3 Å². The number of imidazole rings is 1. The highest BCUT2D eigenvalue weighted by Crippen LogP contribution is 2.24. The molecule has 0 bridgehead atoms. The van der Waals surface area contributed by atoms with Crippen molar-refractivity contribution in [3.05, 3.63) is 65.4 Å². The number of nitrogens with two attached hydrogens (primary N) is 1. The van der Waals surface area contributed by atoms with Gasteiger partial charge in [-0.2, -0.15) is 0 Å². The molecule has 6 nitrogen and oxygen atoms in total. The lowest BCUT2D eigenvalue weighted by Gasteiger charge is -2.22. The van der Waals surface area contributed by atoms with Crippen molar-refractivity contribution in [3.8, 4) is 0 Å². The van der Waals surface area contributed by atoms with Crippen LogP contribution in [0, 0.1) is 0 Å². The summed E-state index contributed by atoms with van der Waals surface area (Å²) in [7, 11) is 2.02. The molecule has 0 amide bonds. The summed E-state index contributed by atoms with van der Waals surface area (Å²) in [6, 6.07) is 7.98. The lowest BCUT2D eigenvalue weighted by Crippen LogP contribution is -2.28. The number of carbonyl (C=O) groups is 1. The maximum atomic E-state index is 11.8. The molecule has 1 aromatic carbocycles. The molecule has 2 aromatic rings. The first kappa shape index (κ1) is 19.9. The highest BCUT2D eigenvalue weighted by atomic mass is 35.5. The number of hydrogen-bond donors (Lipinski definition) is 1. The number of allylic oxidation sites excluding steroid dienone is 3. The largest absolute Gasteiger partial charge is 0.396 e. The normalized spacial score (nSPS) is 15.9. The van der Waals surface area contributed by atoms with E-state index in [0.717, 1.165) is 31.0 Å². The van der Waals surface area contributed by atoms with Crippen LogP contribution in [-0.2, 0) is 18.4 Å². The number of aromatic nitrogens is 2. The molecule has 3 rings (SSSR count). The Labute approximate surface area is 170 Å². The smallest absolute Gasteiger partial charge is 0.243 e. The maximum Gasteiger partial charge on any atom is 0.243 e. The van der Waals surface area contributed by atoms with Gasteiger partial charge < -0.3 is 10.6 Å². The van der Waals surface area contributed by atoms with Crippen LogP contribution in [0.4, 0.5) is 11.4 Å². The van der Waals surface area contributed by atoms with Gasteiger partial charge in [-0.1, -0.05) is 11.6 Å². The molecule has 1 heterocycles. The van der Waals surface area contributed by atoms with E-state index < -0.39 is 0 Å². The zero-order chi connectivity index (χ0) is 20.3. The van der Waals surface area contributed by atoms with Gasteiger partial charge >= 0.3 is 0 Å². The van der Waals surface area contributed by atoms with E-state index in [9.17, 15) is 4.79 Å². The number of aliphatic imine (C=N–C) groups is 1. The minimum atomic E-state index is -0.247. The second kappa shape index (κ2) is 8.44. The Bertz CT molecular complexity index is 969. The second-order valence-corrected chi connectivity index (χ2v) is 7.17. The van der Waals surface area contributed by atoms with Crippen LogP contribution < -0.4 is 15.2 Å². The molecule has 1 aliphatic rings. The van der Waals surface area contributed by atoms with Crippen LogP contribution in [0.15, 0.2) is 70.4 Å². The summed E-state index contributed by atoms with van der Waals surface area (Å²) >= 11 is 6.02. The molecule has 2 N–H and O–H groups in total. The number of hydrogen-bond acceptors (Lipinski definition) is 4. The predicted molar refractivity (Wildman–Crippen MR) is 113 cm³/mol. The summed E-state index contributed by atoms with van der Waals surface area (Å²) in [5.41, 5.74) is 9.12. The predicted octanol–water partition coefficient (Wildman–Crippen LogP) is 2.85. The SMILES string of the molecule is CCN(CCn1cc[n+](C)c1)c1ccc(/N=C2/C=C(C)C(=O)C(Cl)=C2N)cc1. The first-order valence-corrected chi connectivity index (χ1v) is 9.60. The number of halogens is 1. The molecule has 0 saturated heterocycles. The van der Waals surface area contributed by atoms with Gasteiger partial charge in [-0.15, -0.1) is 0 Å². The van der Waals surface area contributed by atoms with Crippen molar-refractivity contribution in [2.75, 3.05) is 18.0 Å². The minimum absolute atomic E-state index is 0.0333. The van der Waals surface area contributed by atoms with E-state index in [2.05, 4.69) is 33.9 Å². The van der Waals surface area contributed by atoms with Gasteiger partial charge in [0.05, 0.1) is 30.7 Å². The second-order valence-electron chi connectivity index (χ2n) is 6.79. The van der Waals surface area contributed by atoms with Crippen LogP contribution in [0.3, 0.4) is 0 Å². The molecule has 0 unspecified atom stereocenters. The molecule has 1 aliphatic carbocycles. The Morgan fingerprint density at radius 1 is 1.29 bits per heavy atom. The average Bonchev–Trinajstić information content (AvgIpc) is 3.11. The van der Waals surface area contributed by atoms with Crippen molar-refractivity contribution >= 4 is 34.5 Å². The first-order chi connectivity index (χ1) is 13.4. The molecule has 0 atom stereocenters. The molecule has 0 radical (unpaired) electrons. The number of aryl methyl sites for hydroxylation is 1. The van der Waals surface area contributed by atoms with Crippen LogP contribution >= 0.6 is 11.6 Å². The van der Waals surface area contributed by atoms with Crippen LogP contribution in [0.1, 0.15) is 13.8 Å². The van der Waals surface area contributed by atoms with Crippen molar-refractivity contribution in [1.29, 1.82) is 0 Å². The Morgan fingerprint density at radius 2 is 2.00 bits per heavy atom.